The van der Waals surface area contributed by atoms with E-state index in [0.29, 0.717) is 35.6 Å². The molecular formula is C23H23N5O4S. The third kappa shape index (κ3) is 4.38. The monoisotopic (exact) mass is 465 g/mol. The zero-order chi connectivity index (χ0) is 22.8. The molecule has 1 atom stereocenters. The van der Waals surface area contributed by atoms with E-state index in [4.69, 9.17) is 15.2 Å². The number of hydrogen-bond acceptors (Lipinski definition) is 7. The predicted octanol–water partition coefficient (Wildman–Crippen LogP) is 2.48. The van der Waals surface area contributed by atoms with Crippen LogP contribution in [0.5, 0.6) is 11.5 Å². The van der Waals surface area contributed by atoms with E-state index in [0.717, 1.165) is 24.1 Å². The predicted molar refractivity (Wildman–Crippen MR) is 122 cm³/mol. The van der Waals surface area contributed by atoms with Crippen LogP contribution in [0.4, 0.5) is 0 Å². The molecule has 2 N–H and O–H groups in total. The number of para-hydroxylation sites is 1. The lowest BCUT2D eigenvalue weighted by Crippen LogP contribution is -2.44. The number of rotatable bonds is 6. The summed E-state index contributed by atoms with van der Waals surface area (Å²) in [6, 6.07) is 15.4. The molecule has 2 aliphatic rings. The molecule has 0 aliphatic carbocycles. The van der Waals surface area contributed by atoms with Crippen molar-refractivity contribution in [1.29, 1.82) is 0 Å². The van der Waals surface area contributed by atoms with Crippen LogP contribution in [0.15, 0.2) is 53.7 Å². The molecule has 170 valence electrons. The molecule has 0 saturated carbocycles. The average Bonchev–Trinajstić information content (AvgIpc) is 3.49. The first-order chi connectivity index (χ1) is 16.1. The quantitative estimate of drug-likeness (QED) is 0.557. The number of likely N-dealkylation sites (tertiary alicyclic amines) is 1. The Labute approximate surface area is 194 Å². The van der Waals surface area contributed by atoms with E-state index in [2.05, 4.69) is 10.2 Å². The Bertz CT molecular complexity index is 1180. The van der Waals surface area contributed by atoms with Gasteiger partial charge in [0.1, 0.15) is 0 Å². The average molecular weight is 466 g/mol. The molecule has 2 aromatic carbocycles. The van der Waals surface area contributed by atoms with Gasteiger partial charge in [-0.25, -0.2) is 0 Å². The number of fused-ring (bicyclic) bond motifs is 1. The molecular weight excluding hydrogens is 442 g/mol. The van der Waals surface area contributed by atoms with Gasteiger partial charge >= 0.3 is 0 Å². The van der Waals surface area contributed by atoms with Crippen molar-refractivity contribution in [3.05, 3.63) is 48.5 Å². The number of ether oxygens (including phenoxy) is 2. The fraction of sp³-hybridized carbons (Fsp3) is 0.304. The van der Waals surface area contributed by atoms with Crippen molar-refractivity contribution < 1.29 is 19.1 Å². The summed E-state index contributed by atoms with van der Waals surface area (Å²) in [6.45, 7) is 1.21. The molecule has 1 aromatic heterocycles. The highest BCUT2D eigenvalue weighted by Gasteiger charge is 2.27. The van der Waals surface area contributed by atoms with Crippen LogP contribution >= 0.6 is 11.8 Å². The number of benzene rings is 2. The van der Waals surface area contributed by atoms with Gasteiger partial charge in [-0.05, 0) is 43.2 Å². The first kappa shape index (κ1) is 21.3. The first-order valence-electron chi connectivity index (χ1n) is 10.7. The highest BCUT2D eigenvalue weighted by atomic mass is 32.2. The minimum absolute atomic E-state index is 0.0433. The number of amides is 2. The molecule has 10 heteroatoms. The third-order valence-corrected chi connectivity index (χ3v) is 6.69. The van der Waals surface area contributed by atoms with Crippen molar-refractivity contribution >= 4 is 23.6 Å². The zero-order valence-corrected chi connectivity index (χ0v) is 18.7. The van der Waals surface area contributed by atoms with Crippen molar-refractivity contribution in [2.75, 3.05) is 25.6 Å². The normalized spacial score (nSPS) is 17.2. The number of aromatic nitrogens is 3. The van der Waals surface area contributed by atoms with Gasteiger partial charge in [0.05, 0.1) is 11.7 Å². The van der Waals surface area contributed by atoms with Gasteiger partial charge in [-0.15, -0.1) is 10.2 Å². The van der Waals surface area contributed by atoms with Gasteiger partial charge in [0.15, 0.2) is 22.5 Å². The second-order valence-electron chi connectivity index (χ2n) is 7.92. The Morgan fingerprint density at radius 2 is 1.91 bits per heavy atom. The molecule has 33 heavy (non-hydrogen) atoms. The highest BCUT2D eigenvalue weighted by molar-refractivity contribution is 7.99. The summed E-state index contributed by atoms with van der Waals surface area (Å²) < 4.78 is 12.9. The van der Waals surface area contributed by atoms with E-state index in [9.17, 15) is 9.59 Å². The van der Waals surface area contributed by atoms with Crippen molar-refractivity contribution in [3.8, 4) is 28.6 Å². The van der Waals surface area contributed by atoms with Gasteiger partial charge in [-0.3, -0.25) is 14.2 Å². The van der Waals surface area contributed by atoms with Crippen molar-refractivity contribution in [1.82, 2.24) is 19.7 Å². The van der Waals surface area contributed by atoms with E-state index in [1.807, 2.05) is 53.1 Å². The smallest absolute Gasteiger partial charge is 0.233 e. The highest BCUT2D eigenvalue weighted by Crippen LogP contribution is 2.37. The summed E-state index contributed by atoms with van der Waals surface area (Å²) in [7, 11) is 0. The van der Waals surface area contributed by atoms with Crippen LogP contribution in [0.1, 0.15) is 12.8 Å². The lowest BCUT2D eigenvalue weighted by molar-refractivity contribution is -0.132. The van der Waals surface area contributed by atoms with Crippen LogP contribution in [0.2, 0.25) is 0 Å². The molecule has 0 radical (unpaired) electrons. The fourth-order valence-corrected chi connectivity index (χ4v) is 4.90. The minimum Gasteiger partial charge on any atom is -0.454 e. The van der Waals surface area contributed by atoms with Crippen LogP contribution in [0, 0.1) is 5.92 Å². The Hall–Kier alpha value is -3.53. The van der Waals surface area contributed by atoms with Crippen LogP contribution in [-0.2, 0) is 9.59 Å². The van der Waals surface area contributed by atoms with Crippen molar-refractivity contribution in [2.24, 2.45) is 11.7 Å². The Morgan fingerprint density at radius 3 is 2.73 bits per heavy atom. The number of piperidine rings is 1. The zero-order valence-electron chi connectivity index (χ0n) is 17.8. The number of carbonyl (C=O) groups excluding carboxylic acids is 2. The number of primary amides is 1. The summed E-state index contributed by atoms with van der Waals surface area (Å²) in [4.78, 5) is 26.1. The minimum atomic E-state index is -0.350. The maximum Gasteiger partial charge on any atom is 0.233 e. The van der Waals surface area contributed by atoms with E-state index in [1.165, 1.54) is 11.8 Å². The maximum atomic E-state index is 12.9. The molecule has 2 amide bonds. The number of carbonyl (C=O) groups is 2. The lowest BCUT2D eigenvalue weighted by atomic mass is 9.97. The molecule has 9 nitrogen and oxygen atoms in total. The van der Waals surface area contributed by atoms with Gasteiger partial charge in [0, 0.05) is 24.3 Å². The Morgan fingerprint density at radius 1 is 1.09 bits per heavy atom. The summed E-state index contributed by atoms with van der Waals surface area (Å²) >= 11 is 1.32. The molecule has 1 fully saturated rings. The van der Waals surface area contributed by atoms with Gasteiger partial charge in [0.2, 0.25) is 18.6 Å². The number of nitrogens with two attached hydrogens (primary N) is 1. The lowest BCUT2D eigenvalue weighted by Gasteiger charge is -2.31. The molecule has 3 heterocycles. The second-order valence-corrected chi connectivity index (χ2v) is 8.86. The fourth-order valence-electron chi connectivity index (χ4n) is 4.05. The molecule has 0 spiro atoms. The van der Waals surface area contributed by atoms with Gasteiger partial charge in [0.25, 0.3) is 0 Å². The van der Waals surface area contributed by atoms with E-state index in [1.54, 1.807) is 4.90 Å². The number of hydrogen-bond donors (Lipinski definition) is 1. The summed E-state index contributed by atoms with van der Waals surface area (Å²) in [5, 5.41) is 9.41. The van der Waals surface area contributed by atoms with E-state index in [-0.39, 0.29) is 30.3 Å². The van der Waals surface area contributed by atoms with Crippen LogP contribution in [0.3, 0.4) is 0 Å². The van der Waals surface area contributed by atoms with Crippen LogP contribution in [-0.4, -0.2) is 57.1 Å². The maximum absolute atomic E-state index is 12.9. The van der Waals surface area contributed by atoms with Gasteiger partial charge in [-0.1, -0.05) is 30.0 Å². The van der Waals surface area contributed by atoms with Crippen LogP contribution < -0.4 is 15.2 Å². The molecule has 0 unspecified atom stereocenters. The van der Waals surface area contributed by atoms with E-state index >= 15 is 0 Å². The standard InChI is InChI=1S/C23H23N5O4S/c24-21(30)16-5-4-10-27(12-16)20(29)13-33-23-26-25-22(28(23)17-6-2-1-3-7-17)15-8-9-18-19(11-15)32-14-31-18/h1-3,6-9,11,16H,4-5,10,12-14H2,(H2,24,30)/t16-/m1/s1. The third-order valence-electron chi connectivity index (χ3n) is 5.78. The Kier molecular flexibility index (Phi) is 5.91. The SMILES string of the molecule is NC(=O)[C@@H]1CCCN(C(=O)CSc2nnc(-c3ccc4c(c3)OCO4)n2-c2ccccc2)C1. The topological polar surface area (TPSA) is 113 Å². The summed E-state index contributed by atoms with van der Waals surface area (Å²) in [5.74, 6) is 1.52. The van der Waals surface area contributed by atoms with Gasteiger partial charge < -0.3 is 20.1 Å². The summed E-state index contributed by atoms with van der Waals surface area (Å²) in [6.07, 6.45) is 1.51. The number of thioether (sulfide) groups is 1. The Balaban J connectivity index is 1.40. The van der Waals surface area contributed by atoms with Crippen molar-refractivity contribution in [2.45, 2.75) is 18.0 Å². The summed E-state index contributed by atoms with van der Waals surface area (Å²) in [5.41, 5.74) is 7.16. The molecule has 2 aliphatic heterocycles. The van der Waals surface area contributed by atoms with Gasteiger partial charge in [-0.2, -0.15) is 0 Å². The second kappa shape index (κ2) is 9.14. The largest absolute Gasteiger partial charge is 0.454 e. The van der Waals surface area contributed by atoms with Crippen LogP contribution in [0.25, 0.3) is 17.1 Å². The molecule has 0 bridgehead atoms. The number of nitrogens with zero attached hydrogens (tertiary/aromatic N) is 4. The first-order valence-corrected chi connectivity index (χ1v) is 11.7. The molecule has 1 saturated heterocycles. The van der Waals surface area contributed by atoms with E-state index < -0.39 is 0 Å². The molecule has 3 aromatic rings. The molecule has 5 rings (SSSR count). The van der Waals surface area contributed by atoms with Crippen molar-refractivity contribution in [3.63, 3.8) is 0 Å².